The van der Waals surface area contributed by atoms with E-state index in [4.69, 9.17) is 4.74 Å². The number of carbonyl (C=O) groups excluding carboxylic acids is 1. The van der Waals surface area contributed by atoms with Crippen LogP contribution in [0.15, 0.2) is 12.2 Å². The van der Waals surface area contributed by atoms with Crippen LogP contribution in [0.1, 0.15) is 20.3 Å². The van der Waals surface area contributed by atoms with Gasteiger partial charge in [-0.1, -0.05) is 19.1 Å². The standard InChI is InChI=1S/C11H19NO2/c1-3-4-5-10(2)11(13)12-6-8-14-9-7-12/h3-4,10H,5-9H2,1-2H3/b4-3+. The Balaban J connectivity index is 2.38. The summed E-state index contributed by atoms with van der Waals surface area (Å²) in [6.07, 6.45) is 4.87. The molecule has 0 aromatic heterocycles. The number of amides is 1. The van der Waals surface area contributed by atoms with Gasteiger partial charge in [-0.3, -0.25) is 4.79 Å². The number of ether oxygens (including phenoxy) is 1. The molecule has 80 valence electrons. The maximum absolute atomic E-state index is 11.8. The molecule has 0 N–H and O–H groups in total. The maximum atomic E-state index is 11.8. The molecular formula is C11H19NO2. The average Bonchev–Trinajstić information content (AvgIpc) is 2.26. The summed E-state index contributed by atoms with van der Waals surface area (Å²) in [7, 11) is 0. The summed E-state index contributed by atoms with van der Waals surface area (Å²) in [4.78, 5) is 13.7. The number of morpholine rings is 1. The number of rotatable bonds is 3. The van der Waals surface area contributed by atoms with Crippen molar-refractivity contribution in [3.63, 3.8) is 0 Å². The Bertz CT molecular complexity index is 207. The molecule has 0 aromatic carbocycles. The number of carbonyl (C=O) groups is 1. The van der Waals surface area contributed by atoms with E-state index < -0.39 is 0 Å². The van der Waals surface area contributed by atoms with Gasteiger partial charge in [0.05, 0.1) is 13.2 Å². The summed E-state index contributed by atoms with van der Waals surface area (Å²) >= 11 is 0. The van der Waals surface area contributed by atoms with Crippen LogP contribution in [0.2, 0.25) is 0 Å². The van der Waals surface area contributed by atoms with Gasteiger partial charge < -0.3 is 9.64 Å². The van der Waals surface area contributed by atoms with Gasteiger partial charge in [0, 0.05) is 19.0 Å². The summed E-state index contributed by atoms with van der Waals surface area (Å²) < 4.78 is 5.20. The highest BCUT2D eigenvalue weighted by molar-refractivity contribution is 5.78. The number of hydrogen-bond donors (Lipinski definition) is 0. The minimum atomic E-state index is 0.101. The Kier molecular flexibility index (Phi) is 4.66. The predicted octanol–water partition coefficient (Wildman–Crippen LogP) is 1.45. The van der Waals surface area contributed by atoms with E-state index in [1.165, 1.54) is 0 Å². The van der Waals surface area contributed by atoms with Crippen LogP contribution in [0.5, 0.6) is 0 Å². The lowest BCUT2D eigenvalue weighted by atomic mass is 10.1. The molecule has 1 aliphatic rings. The molecule has 0 spiro atoms. The normalized spacial score (nSPS) is 20.0. The van der Waals surface area contributed by atoms with E-state index in [1.54, 1.807) is 0 Å². The van der Waals surface area contributed by atoms with Gasteiger partial charge in [0.1, 0.15) is 0 Å². The zero-order valence-electron chi connectivity index (χ0n) is 9.03. The van der Waals surface area contributed by atoms with Crippen LogP contribution in [0, 0.1) is 5.92 Å². The van der Waals surface area contributed by atoms with Crippen LogP contribution in [0.4, 0.5) is 0 Å². The second-order valence-electron chi connectivity index (χ2n) is 3.64. The predicted molar refractivity (Wildman–Crippen MR) is 56.0 cm³/mol. The van der Waals surface area contributed by atoms with Crippen molar-refractivity contribution in [2.24, 2.45) is 5.92 Å². The fourth-order valence-corrected chi connectivity index (χ4v) is 1.54. The van der Waals surface area contributed by atoms with Crippen LogP contribution in [-0.4, -0.2) is 37.1 Å². The first-order valence-corrected chi connectivity index (χ1v) is 5.23. The van der Waals surface area contributed by atoms with Gasteiger partial charge in [-0.25, -0.2) is 0 Å². The van der Waals surface area contributed by atoms with Crippen LogP contribution in [0.25, 0.3) is 0 Å². The molecule has 1 aliphatic heterocycles. The molecule has 1 unspecified atom stereocenters. The number of allylic oxidation sites excluding steroid dienone is 2. The molecule has 0 radical (unpaired) electrons. The summed E-state index contributed by atoms with van der Waals surface area (Å²) in [5.74, 6) is 0.357. The van der Waals surface area contributed by atoms with Crippen molar-refractivity contribution >= 4 is 5.91 Å². The molecule has 1 saturated heterocycles. The average molecular weight is 197 g/mol. The quantitative estimate of drug-likeness (QED) is 0.641. The maximum Gasteiger partial charge on any atom is 0.225 e. The molecule has 0 aliphatic carbocycles. The largest absolute Gasteiger partial charge is 0.378 e. The number of nitrogens with zero attached hydrogens (tertiary/aromatic N) is 1. The second kappa shape index (κ2) is 5.81. The summed E-state index contributed by atoms with van der Waals surface area (Å²) in [6.45, 7) is 6.83. The Labute approximate surface area is 85.7 Å². The molecule has 0 aromatic rings. The third-order valence-electron chi connectivity index (χ3n) is 2.47. The SMILES string of the molecule is C/C=C/CC(C)C(=O)N1CCOCC1. The van der Waals surface area contributed by atoms with Gasteiger partial charge in [-0.2, -0.15) is 0 Å². The first-order chi connectivity index (χ1) is 6.75. The van der Waals surface area contributed by atoms with E-state index >= 15 is 0 Å². The fraction of sp³-hybridized carbons (Fsp3) is 0.727. The van der Waals surface area contributed by atoms with Gasteiger partial charge in [0.25, 0.3) is 0 Å². The molecule has 0 bridgehead atoms. The lowest BCUT2D eigenvalue weighted by Crippen LogP contribution is -2.43. The van der Waals surface area contributed by atoms with Crippen molar-refractivity contribution in [2.75, 3.05) is 26.3 Å². The Morgan fingerprint density at radius 3 is 2.71 bits per heavy atom. The monoisotopic (exact) mass is 197 g/mol. The van der Waals surface area contributed by atoms with Gasteiger partial charge in [-0.15, -0.1) is 0 Å². The zero-order valence-corrected chi connectivity index (χ0v) is 9.03. The highest BCUT2D eigenvalue weighted by Crippen LogP contribution is 2.09. The minimum Gasteiger partial charge on any atom is -0.378 e. The third-order valence-corrected chi connectivity index (χ3v) is 2.47. The summed E-state index contributed by atoms with van der Waals surface area (Å²) in [6, 6.07) is 0. The van der Waals surface area contributed by atoms with E-state index in [0.29, 0.717) is 13.2 Å². The minimum absolute atomic E-state index is 0.101. The molecule has 3 heteroatoms. The van der Waals surface area contributed by atoms with Crippen molar-refractivity contribution < 1.29 is 9.53 Å². The Hall–Kier alpha value is -0.830. The van der Waals surface area contributed by atoms with Gasteiger partial charge in [-0.05, 0) is 13.3 Å². The summed E-state index contributed by atoms with van der Waals surface area (Å²) in [5.41, 5.74) is 0. The molecule has 1 rings (SSSR count). The fourth-order valence-electron chi connectivity index (χ4n) is 1.54. The molecule has 1 heterocycles. The molecule has 3 nitrogen and oxygen atoms in total. The van der Waals surface area contributed by atoms with Crippen LogP contribution in [0.3, 0.4) is 0 Å². The molecule has 1 amide bonds. The first kappa shape index (κ1) is 11.2. The van der Waals surface area contributed by atoms with Crippen molar-refractivity contribution in [2.45, 2.75) is 20.3 Å². The molecular weight excluding hydrogens is 178 g/mol. The molecule has 0 saturated carbocycles. The van der Waals surface area contributed by atoms with Crippen LogP contribution in [-0.2, 0) is 9.53 Å². The van der Waals surface area contributed by atoms with Crippen molar-refractivity contribution in [3.05, 3.63) is 12.2 Å². The van der Waals surface area contributed by atoms with Gasteiger partial charge >= 0.3 is 0 Å². The van der Waals surface area contributed by atoms with Crippen molar-refractivity contribution in [3.8, 4) is 0 Å². The zero-order chi connectivity index (χ0) is 10.4. The molecule has 14 heavy (non-hydrogen) atoms. The third kappa shape index (κ3) is 3.14. The lowest BCUT2D eigenvalue weighted by Gasteiger charge is -2.29. The lowest BCUT2D eigenvalue weighted by molar-refractivity contribution is -0.138. The highest BCUT2D eigenvalue weighted by atomic mass is 16.5. The topological polar surface area (TPSA) is 29.5 Å². The first-order valence-electron chi connectivity index (χ1n) is 5.23. The second-order valence-corrected chi connectivity index (χ2v) is 3.64. The van der Waals surface area contributed by atoms with Gasteiger partial charge in [0.15, 0.2) is 0 Å². The molecule has 1 fully saturated rings. The van der Waals surface area contributed by atoms with Gasteiger partial charge in [0.2, 0.25) is 5.91 Å². The van der Waals surface area contributed by atoms with Crippen LogP contribution < -0.4 is 0 Å². The number of hydrogen-bond acceptors (Lipinski definition) is 2. The molecule has 1 atom stereocenters. The van der Waals surface area contributed by atoms with E-state index in [9.17, 15) is 4.79 Å². The van der Waals surface area contributed by atoms with Crippen LogP contribution >= 0.6 is 0 Å². The van der Waals surface area contributed by atoms with E-state index in [-0.39, 0.29) is 11.8 Å². The Morgan fingerprint density at radius 2 is 2.14 bits per heavy atom. The highest BCUT2D eigenvalue weighted by Gasteiger charge is 2.21. The smallest absolute Gasteiger partial charge is 0.225 e. The van der Waals surface area contributed by atoms with Crippen molar-refractivity contribution in [1.82, 2.24) is 4.90 Å². The van der Waals surface area contributed by atoms with E-state index in [2.05, 4.69) is 0 Å². The van der Waals surface area contributed by atoms with E-state index in [0.717, 1.165) is 19.5 Å². The van der Waals surface area contributed by atoms with E-state index in [1.807, 2.05) is 30.9 Å². The van der Waals surface area contributed by atoms with Crippen molar-refractivity contribution in [1.29, 1.82) is 0 Å². The Morgan fingerprint density at radius 1 is 1.50 bits per heavy atom. The summed E-state index contributed by atoms with van der Waals surface area (Å²) in [5, 5.41) is 0.